The number of pyridine rings is 3. The molecule has 4 aromatic carbocycles. The molecule has 0 atom stereocenters. The number of hydrogen-bond donors (Lipinski definition) is 0. The second-order valence-electron chi connectivity index (χ2n) is 10.8. The van der Waals surface area contributed by atoms with E-state index in [4.69, 9.17) is 9.97 Å². The molecule has 8 rings (SSSR count). The maximum Gasteiger partial charge on any atom is 2.00 e. The second-order valence-corrected chi connectivity index (χ2v) is 10.8. The fourth-order valence-corrected chi connectivity index (χ4v) is 5.84. The number of aromatic nitrogens is 4. The number of fused-ring (bicyclic) bond motifs is 9. The van der Waals surface area contributed by atoms with Crippen LogP contribution in [0.2, 0.25) is 0 Å². The molecule has 198 valence electrons. The fraction of sp³-hybridized carbons (Fsp3) is 0.0833. The largest absolute Gasteiger partial charge is 2.00 e. The van der Waals surface area contributed by atoms with E-state index in [0.29, 0.717) is 0 Å². The van der Waals surface area contributed by atoms with Crippen molar-refractivity contribution in [1.29, 1.82) is 0 Å². The van der Waals surface area contributed by atoms with Gasteiger partial charge in [-0.1, -0.05) is 56.3 Å². The molecule has 0 saturated carbocycles. The first kappa shape index (κ1) is 25.6. The van der Waals surface area contributed by atoms with Crippen molar-refractivity contribution in [3.63, 3.8) is 0 Å². The van der Waals surface area contributed by atoms with Gasteiger partial charge < -0.3 is 14.4 Å². The minimum Gasteiger partial charge on any atom is -0.335 e. The van der Waals surface area contributed by atoms with Gasteiger partial charge in [0, 0.05) is 23.3 Å². The Bertz CT molecular complexity index is 2250. The Morgan fingerprint density at radius 3 is 2.29 bits per heavy atom. The zero-order valence-electron chi connectivity index (χ0n) is 22.5. The van der Waals surface area contributed by atoms with Gasteiger partial charge in [-0.3, -0.25) is 0 Å². The van der Waals surface area contributed by atoms with Gasteiger partial charge >= 0.3 is 21.1 Å². The van der Waals surface area contributed by atoms with Crippen molar-refractivity contribution in [3.8, 4) is 11.3 Å². The van der Waals surface area contributed by atoms with Crippen LogP contribution < -0.4 is 0 Å². The molecule has 0 N–H and O–H groups in total. The van der Waals surface area contributed by atoms with Gasteiger partial charge in [-0.05, 0) is 51.7 Å². The second kappa shape index (κ2) is 9.61. The van der Waals surface area contributed by atoms with Crippen molar-refractivity contribution in [2.24, 2.45) is 0 Å². The third kappa shape index (κ3) is 3.97. The molecule has 5 heteroatoms. The Kier molecular flexibility index (Phi) is 5.99. The Hall–Kier alpha value is -4.40. The summed E-state index contributed by atoms with van der Waals surface area (Å²) in [5.74, 6) is 0. The Balaban J connectivity index is 0.00000276. The minimum atomic E-state index is -0.345. The van der Waals surface area contributed by atoms with Crippen molar-refractivity contribution in [2.75, 3.05) is 0 Å². The third-order valence-corrected chi connectivity index (χ3v) is 8.05. The molecule has 0 aliphatic carbocycles. The van der Waals surface area contributed by atoms with E-state index in [1.807, 2.05) is 36.7 Å². The van der Waals surface area contributed by atoms with Crippen molar-refractivity contribution in [3.05, 3.63) is 133 Å². The Morgan fingerprint density at radius 1 is 0.683 bits per heavy atom. The molecule has 4 nitrogen and oxygen atoms in total. The van der Waals surface area contributed by atoms with Gasteiger partial charge in [0.05, 0.1) is 11.0 Å². The first-order valence-electron chi connectivity index (χ1n) is 13.5. The van der Waals surface area contributed by atoms with E-state index in [-0.39, 0.29) is 26.5 Å². The van der Waals surface area contributed by atoms with Crippen LogP contribution in [0.15, 0.2) is 109 Å². The summed E-state index contributed by atoms with van der Waals surface area (Å²) in [6.07, 6.45) is 3.67. The Labute approximate surface area is 252 Å². The van der Waals surface area contributed by atoms with Gasteiger partial charge in [-0.25, -0.2) is 4.98 Å². The topological polar surface area (TPSA) is 43.1 Å². The van der Waals surface area contributed by atoms with Crippen LogP contribution in [0.5, 0.6) is 0 Å². The summed E-state index contributed by atoms with van der Waals surface area (Å²) in [6, 6.07) is 41.0. The standard InChI is InChI=1S/C36H24N4.Pt/c1-36(2,26-12-7-11-25(19-26)30-14-5-6-17-37-30)27-15-16-32-29(22-27)34-28(13-8-18-38-34)35-39-31-20-23-9-3-4-10-24(23)21-33(31)40(32)35;/h3-18,20-21H,1-2H3;/q-2;+2. The van der Waals surface area contributed by atoms with Crippen LogP contribution in [-0.2, 0) is 26.5 Å². The van der Waals surface area contributed by atoms with Crippen molar-refractivity contribution >= 4 is 49.3 Å². The minimum absolute atomic E-state index is 0. The van der Waals surface area contributed by atoms with Crippen LogP contribution in [0.1, 0.15) is 25.0 Å². The zero-order valence-corrected chi connectivity index (χ0v) is 24.8. The van der Waals surface area contributed by atoms with Crippen LogP contribution in [0.3, 0.4) is 0 Å². The molecule has 0 bridgehead atoms. The quantitative estimate of drug-likeness (QED) is 0.137. The molecule has 0 spiro atoms. The molecule has 0 amide bonds. The molecule has 0 unspecified atom stereocenters. The van der Waals surface area contributed by atoms with Crippen LogP contribution in [0, 0.1) is 12.1 Å². The van der Waals surface area contributed by atoms with E-state index in [9.17, 15) is 0 Å². The Morgan fingerprint density at radius 2 is 1.46 bits per heavy atom. The summed E-state index contributed by atoms with van der Waals surface area (Å²) in [7, 11) is 0. The molecular formula is C36H24N4Pt. The molecule has 0 fully saturated rings. The maximum atomic E-state index is 5.10. The zero-order chi connectivity index (χ0) is 26.8. The summed E-state index contributed by atoms with van der Waals surface area (Å²) in [5, 5.41) is 4.39. The molecule has 4 aromatic heterocycles. The molecule has 0 aliphatic heterocycles. The SMILES string of the molecule is CC(C)(c1[c-]c(-c2ccccn2)ccc1)c1[c-]c2c3ncccc3c3nc4cc5ccccc5cc4n3c2cc1.[Pt+2]. The van der Waals surface area contributed by atoms with Crippen LogP contribution in [0.4, 0.5) is 0 Å². The van der Waals surface area contributed by atoms with Crippen molar-refractivity contribution in [1.82, 2.24) is 19.4 Å². The first-order valence-corrected chi connectivity index (χ1v) is 13.5. The monoisotopic (exact) mass is 707 g/mol. The van der Waals surface area contributed by atoms with Gasteiger partial charge in [-0.2, -0.15) is 0 Å². The van der Waals surface area contributed by atoms with Gasteiger partial charge in [0.2, 0.25) is 0 Å². The van der Waals surface area contributed by atoms with E-state index in [2.05, 4.69) is 108 Å². The smallest absolute Gasteiger partial charge is 0.335 e. The fourth-order valence-electron chi connectivity index (χ4n) is 5.84. The number of rotatable bonds is 3. The van der Waals surface area contributed by atoms with Crippen molar-refractivity contribution < 1.29 is 21.1 Å². The van der Waals surface area contributed by atoms with Gasteiger partial charge in [0.1, 0.15) is 5.65 Å². The van der Waals surface area contributed by atoms with E-state index in [1.165, 1.54) is 10.8 Å². The summed E-state index contributed by atoms with van der Waals surface area (Å²) in [4.78, 5) is 14.5. The first-order chi connectivity index (χ1) is 19.6. The molecule has 41 heavy (non-hydrogen) atoms. The number of benzene rings is 4. The average molecular weight is 708 g/mol. The van der Waals surface area contributed by atoms with Crippen molar-refractivity contribution in [2.45, 2.75) is 19.3 Å². The summed E-state index contributed by atoms with van der Waals surface area (Å²) < 4.78 is 2.27. The molecule has 0 radical (unpaired) electrons. The normalized spacial score (nSPS) is 12.0. The molecular weight excluding hydrogens is 684 g/mol. The summed E-state index contributed by atoms with van der Waals surface area (Å²) in [6.45, 7) is 4.46. The third-order valence-electron chi connectivity index (χ3n) is 8.05. The van der Waals surface area contributed by atoms with Crippen LogP contribution in [-0.4, -0.2) is 19.4 Å². The predicted molar refractivity (Wildman–Crippen MR) is 162 cm³/mol. The average Bonchev–Trinajstić information content (AvgIpc) is 3.39. The van der Waals surface area contributed by atoms with Crippen LogP contribution in [0.25, 0.3) is 60.5 Å². The van der Waals surface area contributed by atoms with Crippen LogP contribution >= 0.6 is 0 Å². The number of nitrogens with zero attached hydrogens (tertiary/aromatic N) is 4. The maximum absolute atomic E-state index is 5.10. The van der Waals surface area contributed by atoms with Gasteiger partial charge in [-0.15, -0.1) is 64.5 Å². The summed E-state index contributed by atoms with van der Waals surface area (Å²) >= 11 is 0. The van der Waals surface area contributed by atoms with E-state index in [1.54, 1.807) is 0 Å². The van der Waals surface area contributed by atoms with Gasteiger partial charge in [0.25, 0.3) is 0 Å². The molecule has 0 aliphatic rings. The van der Waals surface area contributed by atoms with E-state index in [0.717, 1.165) is 60.9 Å². The summed E-state index contributed by atoms with van der Waals surface area (Å²) in [5.41, 5.74) is 8.65. The molecule has 8 aromatic rings. The van der Waals surface area contributed by atoms with Gasteiger partial charge in [0.15, 0.2) is 0 Å². The van der Waals surface area contributed by atoms with E-state index >= 15 is 0 Å². The predicted octanol–water partition coefficient (Wildman–Crippen LogP) is 8.33. The molecule has 4 heterocycles. The van der Waals surface area contributed by atoms with E-state index < -0.39 is 0 Å². The number of imidazole rings is 1. The number of hydrogen-bond acceptors (Lipinski definition) is 3. The molecule has 0 saturated heterocycles.